The van der Waals surface area contributed by atoms with Gasteiger partial charge in [-0.05, 0) is 55.0 Å². The van der Waals surface area contributed by atoms with E-state index in [0.717, 1.165) is 73.4 Å². The van der Waals surface area contributed by atoms with Crippen molar-refractivity contribution in [2.24, 2.45) is 5.92 Å². The summed E-state index contributed by atoms with van der Waals surface area (Å²) in [5, 5.41) is 2.68. The Labute approximate surface area is 196 Å². The first-order chi connectivity index (χ1) is 16.5. The van der Waals surface area contributed by atoms with E-state index in [2.05, 4.69) is 30.1 Å². The first kappa shape index (κ1) is 21.2. The zero-order valence-corrected chi connectivity index (χ0v) is 18.8. The van der Waals surface area contributed by atoms with E-state index in [0.29, 0.717) is 18.2 Å². The Morgan fingerprint density at radius 2 is 1.91 bits per heavy atom. The van der Waals surface area contributed by atoms with Gasteiger partial charge in [-0.1, -0.05) is 0 Å². The molecule has 0 spiro atoms. The molecule has 3 aromatic heterocycles. The first-order valence-corrected chi connectivity index (χ1v) is 11.9. The van der Waals surface area contributed by atoms with Gasteiger partial charge in [0.05, 0.1) is 28.8 Å². The van der Waals surface area contributed by atoms with Gasteiger partial charge in [0, 0.05) is 44.5 Å². The number of alkyl halides is 1. The number of piperazine rings is 1. The number of rotatable bonds is 6. The highest BCUT2D eigenvalue weighted by molar-refractivity contribution is 5.94. The minimum Gasteiger partial charge on any atom is -0.368 e. The number of carbonyl (C=O) groups excluding carboxylic acids is 1. The summed E-state index contributed by atoms with van der Waals surface area (Å²) >= 11 is 0. The van der Waals surface area contributed by atoms with Crippen molar-refractivity contribution in [2.45, 2.75) is 37.9 Å². The van der Waals surface area contributed by atoms with Gasteiger partial charge in [-0.3, -0.25) is 19.5 Å². The molecule has 4 heterocycles. The lowest BCUT2D eigenvalue weighted by molar-refractivity contribution is -0.117. The Bertz CT molecular complexity index is 1280. The van der Waals surface area contributed by atoms with Gasteiger partial charge in [-0.2, -0.15) is 0 Å². The predicted octanol–water partition coefficient (Wildman–Crippen LogP) is 2.81. The van der Waals surface area contributed by atoms with Crippen LogP contribution in [0.3, 0.4) is 0 Å². The highest BCUT2D eigenvalue weighted by Crippen LogP contribution is 2.38. The van der Waals surface area contributed by atoms with Gasteiger partial charge < -0.3 is 15.2 Å². The van der Waals surface area contributed by atoms with E-state index in [1.54, 1.807) is 12.3 Å². The van der Waals surface area contributed by atoms with E-state index < -0.39 is 12.1 Å². The number of hydrogen-bond donors (Lipinski definition) is 2. The number of aromatic amines is 1. The van der Waals surface area contributed by atoms with Crippen LogP contribution < -0.4 is 15.8 Å². The average molecular weight is 463 g/mol. The average Bonchev–Trinajstić information content (AvgIpc) is 3.77. The summed E-state index contributed by atoms with van der Waals surface area (Å²) in [6.45, 7) is 4.30. The molecule has 8 nitrogen and oxygen atoms in total. The van der Waals surface area contributed by atoms with Crippen LogP contribution in [0, 0.1) is 5.92 Å². The maximum atomic E-state index is 13.0. The maximum absolute atomic E-state index is 13.0. The predicted molar refractivity (Wildman–Crippen MR) is 128 cm³/mol. The lowest BCUT2D eigenvalue weighted by Crippen LogP contribution is -2.46. The summed E-state index contributed by atoms with van der Waals surface area (Å²) in [6.07, 6.45) is 5.15. The van der Waals surface area contributed by atoms with Gasteiger partial charge in [0.15, 0.2) is 0 Å². The van der Waals surface area contributed by atoms with Crippen LogP contribution >= 0.6 is 0 Å². The third-order valence-corrected chi connectivity index (χ3v) is 6.99. The molecule has 34 heavy (non-hydrogen) atoms. The number of fused-ring (bicyclic) bond motifs is 1. The number of halogens is 1. The fraction of sp³-hybridized carbons (Fsp3) is 0.440. The molecule has 0 radical (unpaired) electrons. The van der Waals surface area contributed by atoms with E-state index in [9.17, 15) is 14.0 Å². The summed E-state index contributed by atoms with van der Waals surface area (Å²) in [7, 11) is 0. The van der Waals surface area contributed by atoms with Crippen molar-refractivity contribution >= 4 is 28.4 Å². The largest absolute Gasteiger partial charge is 0.368 e. The Morgan fingerprint density at radius 3 is 2.59 bits per heavy atom. The molecule has 9 heteroatoms. The Kier molecular flexibility index (Phi) is 5.28. The maximum Gasteiger partial charge on any atom is 0.252 e. The molecule has 2 aliphatic carbocycles. The summed E-state index contributed by atoms with van der Waals surface area (Å²) in [6, 6.07) is 7.70. The SMILES string of the molecule is O=C(Nc1ccc(N2CCN(Cc3cnc4cc(C5CC5)c(=O)[nH]c4c3)CC2)cn1)[C@H]1C[C@H]1F. The Morgan fingerprint density at radius 1 is 1.12 bits per heavy atom. The van der Waals surface area contributed by atoms with Crippen LogP contribution in [0.1, 0.15) is 36.3 Å². The third-order valence-electron chi connectivity index (χ3n) is 6.99. The van der Waals surface area contributed by atoms with E-state index in [1.807, 2.05) is 24.4 Å². The first-order valence-electron chi connectivity index (χ1n) is 11.9. The molecule has 176 valence electrons. The molecule has 6 rings (SSSR count). The molecular weight excluding hydrogens is 435 g/mol. The topological polar surface area (TPSA) is 94.2 Å². The van der Waals surface area contributed by atoms with E-state index >= 15 is 0 Å². The van der Waals surface area contributed by atoms with Crippen LogP contribution in [-0.4, -0.2) is 58.1 Å². The van der Waals surface area contributed by atoms with Gasteiger partial charge >= 0.3 is 0 Å². The number of aromatic nitrogens is 3. The van der Waals surface area contributed by atoms with Crippen molar-refractivity contribution in [1.82, 2.24) is 19.9 Å². The minimum absolute atomic E-state index is 0.0147. The van der Waals surface area contributed by atoms with Gasteiger partial charge in [0.1, 0.15) is 12.0 Å². The molecule has 0 aromatic carbocycles. The minimum atomic E-state index is -1.01. The number of nitrogens with zero attached hydrogens (tertiary/aromatic N) is 4. The zero-order chi connectivity index (χ0) is 23.2. The summed E-state index contributed by atoms with van der Waals surface area (Å²) < 4.78 is 13.0. The molecular formula is C25H27FN6O2. The van der Waals surface area contributed by atoms with Gasteiger partial charge in [0.2, 0.25) is 5.91 Å². The summed E-state index contributed by atoms with van der Waals surface area (Å²) in [4.78, 5) is 40.8. The normalized spacial score (nSPS) is 22.7. The van der Waals surface area contributed by atoms with Crippen LogP contribution in [0.5, 0.6) is 0 Å². The molecule has 0 bridgehead atoms. The molecule has 0 unspecified atom stereocenters. The van der Waals surface area contributed by atoms with Crippen LogP contribution in [0.4, 0.5) is 15.9 Å². The molecule has 2 atom stereocenters. The van der Waals surface area contributed by atoms with Crippen molar-refractivity contribution in [3.8, 4) is 0 Å². The monoisotopic (exact) mass is 462 g/mol. The molecule has 2 saturated carbocycles. The number of anilines is 2. The van der Waals surface area contributed by atoms with E-state index in [-0.39, 0.29) is 11.5 Å². The van der Waals surface area contributed by atoms with E-state index in [4.69, 9.17) is 0 Å². The summed E-state index contributed by atoms with van der Waals surface area (Å²) in [5.41, 5.74) is 4.62. The fourth-order valence-corrected chi connectivity index (χ4v) is 4.65. The van der Waals surface area contributed by atoms with Gasteiger partial charge in [-0.25, -0.2) is 9.37 Å². The molecule has 1 aliphatic heterocycles. The lowest BCUT2D eigenvalue weighted by Gasteiger charge is -2.36. The number of carbonyl (C=O) groups is 1. The molecule has 1 saturated heterocycles. The molecule has 3 aromatic rings. The van der Waals surface area contributed by atoms with Crippen LogP contribution in [0.25, 0.3) is 11.0 Å². The number of pyridine rings is 3. The second-order valence-electron chi connectivity index (χ2n) is 9.62. The zero-order valence-electron chi connectivity index (χ0n) is 18.8. The highest BCUT2D eigenvalue weighted by atomic mass is 19.1. The number of hydrogen-bond acceptors (Lipinski definition) is 6. The Balaban J connectivity index is 1.05. The van der Waals surface area contributed by atoms with Crippen molar-refractivity contribution in [3.05, 3.63) is 58.1 Å². The standard InChI is InChI=1S/C25H27FN6O2/c26-20-10-19(20)25(34)30-23-4-3-17(13-28-23)32-7-5-31(6-8-32)14-15-9-22-21(27-12-15)11-18(16-1-2-16)24(33)29-22/h3-4,9,11-13,16,19-20H,1-2,5-8,10,14H2,(H,29,33)(H,28,30,34)/t19-,20+/m0/s1. The molecule has 1 amide bonds. The van der Waals surface area contributed by atoms with Crippen LogP contribution in [-0.2, 0) is 11.3 Å². The fourth-order valence-electron chi connectivity index (χ4n) is 4.65. The number of amides is 1. The summed E-state index contributed by atoms with van der Waals surface area (Å²) in [5.74, 6) is 0.0466. The van der Waals surface area contributed by atoms with Crippen LogP contribution in [0.2, 0.25) is 0 Å². The van der Waals surface area contributed by atoms with Crippen molar-refractivity contribution in [1.29, 1.82) is 0 Å². The quantitative estimate of drug-likeness (QED) is 0.585. The molecule has 3 fully saturated rings. The van der Waals surface area contributed by atoms with E-state index in [1.165, 1.54) is 0 Å². The molecule has 3 aliphatic rings. The lowest BCUT2D eigenvalue weighted by atomic mass is 10.1. The number of H-pyrrole nitrogens is 1. The third kappa shape index (κ3) is 4.40. The second-order valence-corrected chi connectivity index (χ2v) is 9.62. The smallest absolute Gasteiger partial charge is 0.252 e. The highest BCUT2D eigenvalue weighted by Gasteiger charge is 2.43. The van der Waals surface area contributed by atoms with Gasteiger partial charge in [0.25, 0.3) is 5.56 Å². The van der Waals surface area contributed by atoms with Crippen molar-refractivity contribution < 1.29 is 9.18 Å². The Hall–Kier alpha value is -3.33. The second kappa shape index (κ2) is 8.47. The van der Waals surface area contributed by atoms with Crippen LogP contribution in [0.15, 0.2) is 41.5 Å². The van der Waals surface area contributed by atoms with Gasteiger partial charge in [-0.15, -0.1) is 0 Å². The molecule has 2 N–H and O–H groups in total. The number of nitrogens with one attached hydrogen (secondary N) is 2. The van der Waals surface area contributed by atoms with Crippen molar-refractivity contribution in [2.75, 3.05) is 36.4 Å². The van der Waals surface area contributed by atoms with Crippen molar-refractivity contribution in [3.63, 3.8) is 0 Å².